The van der Waals surface area contributed by atoms with Gasteiger partial charge in [-0.05, 0) is 144 Å². The van der Waals surface area contributed by atoms with Crippen LogP contribution < -0.4 is 0 Å². The highest BCUT2D eigenvalue weighted by atomic mass is 14.7. The first-order valence-electron chi connectivity index (χ1n) is 32.6. The molecule has 0 radical (unpaired) electrons. The van der Waals surface area contributed by atoms with Crippen molar-refractivity contribution >= 4 is 0 Å². The molecule has 0 N–H and O–H groups in total. The molecule has 0 aliphatic heterocycles. The summed E-state index contributed by atoms with van der Waals surface area (Å²) in [5, 5.41) is 0. The van der Waals surface area contributed by atoms with E-state index < -0.39 is 0 Å². The second-order valence-electron chi connectivity index (χ2n) is 23.9. The van der Waals surface area contributed by atoms with E-state index in [-0.39, 0.29) is 22.3 Å². The highest BCUT2D eigenvalue weighted by Gasteiger charge is 2.61. The van der Waals surface area contributed by atoms with Crippen LogP contribution in [0.5, 0.6) is 0 Å². The first-order chi connectivity index (χ1) is 32.6. The van der Waals surface area contributed by atoms with Crippen LogP contribution in [0.15, 0.2) is 0 Å². The van der Waals surface area contributed by atoms with Gasteiger partial charge < -0.3 is 0 Å². The van der Waals surface area contributed by atoms with E-state index in [0.717, 1.165) is 100 Å². The van der Waals surface area contributed by atoms with Crippen molar-refractivity contribution in [3.8, 4) is 0 Å². The van der Waals surface area contributed by atoms with Crippen LogP contribution >= 0.6 is 0 Å². The van der Waals surface area contributed by atoms with E-state index in [1.54, 1.807) is 19.3 Å². The highest BCUT2D eigenvalue weighted by molar-refractivity contribution is 5.09. The minimum Gasteiger partial charge on any atom is -0.0776 e. The Morgan fingerprint density at radius 3 is 0.671 bits per heavy atom. The van der Waals surface area contributed by atoms with Gasteiger partial charge in [-0.3, -0.25) is 0 Å². The Kier molecular flexibility index (Phi) is 110. The summed E-state index contributed by atoms with van der Waals surface area (Å²) >= 11 is 0. The molecule has 5 unspecified atom stereocenters. The first-order valence-corrected chi connectivity index (χ1v) is 32.6. The van der Waals surface area contributed by atoms with Crippen LogP contribution in [0.25, 0.3) is 0 Å². The Bertz CT molecular complexity index is 729. The van der Waals surface area contributed by atoms with Gasteiger partial charge in [0.25, 0.3) is 0 Å². The third-order valence-electron chi connectivity index (χ3n) is 12.4. The Hall–Kier alpha value is 0. The Morgan fingerprint density at radius 2 is 0.452 bits per heavy atom. The molecule has 0 nitrogen and oxygen atoms in total. The van der Waals surface area contributed by atoms with E-state index in [4.69, 9.17) is 0 Å². The molecule has 0 bridgehead atoms. The maximum absolute atomic E-state index is 2.57. The standard InChI is InChI=1S/C15H26.C15H28.6C4H10.8C2H6.3CH4/c1-10-7-8-11(2)15(10)12(3)9-13-5-4-6-14(13)15;1-10(2)15(11(3)4)12(5)9-13-7-6-8-14(13)15;6*1-4(2)3;8*1-2;;;/h10-14H,4-9H2,1-3H3;10-14H,6-9H2,1-5H3;6*4H,1-3H3;8*1-2H3;3*1H4/t10-,11+,12-,13?,14?,15?;12-,13?,14?;;;;;;;;;;;;;;;;;/m00................./s1. The number of hydrogen-bond acceptors (Lipinski definition) is 0. The molecule has 0 saturated heterocycles. The smallest absolute Gasteiger partial charge is 0.0189 e. The van der Waals surface area contributed by atoms with Crippen LogP contribution in [0.1, 0.15) is 377 Å². The fraction of sp³-hybridized carbons (Fsp3) is 1.00. The van der Waals surface area contributed by atoms with Gasteiger partial charge in [0.15, 0.2) is 0 Å². The molecule has 9 atom stereocenters. The lowest BCUT2D eigenvalue weighted by atomic mass is 9.58. The van der Waals surface area contributed by atoms with Gasteiger partial charge in [-0.1, -0.05) is 339 Å². The predicted molar refractivity (Wildman–Crippen MR) is 365 cm³/mol. The normalized spacial score (nSPS) is 23.8. The molecule has 0 amide bonds. The van der Waals surface area contributed by atoms with Crippen molar-refractivity contribution in [2.24, 2.45) is 106 Å². The summed E-state index contributed by atoms with van der Waals surface area (Å²) in [6.07, 6.45) is 15.3. The van der Waals surface area contributed by atoms with Crippen molar-refractivity contribution in [3.05, 3.63) is 0 Å². The summed E-state index contributed by atoms with van der Waals surface area (Å²) in [5.41, 5.74) is 1.42. The highest BCUT2D eigenvalue weighted by Crippen LogP contribution is 2.68. The summed E-state index contributed by atoms with van der Waals surface area (Å²) in [5.74, 6) is 15.1. The lowest BCUT2D eigenvalue weighted by Crippen LogP contribution is -2.41. The third kappa shape index (κ3) is 53.8. The number of fused-ring (bicyclic) bond motifs is 3. The third-order valence-corrected chi connectivity index (χ3v) is 12.4. The summed E-state index contributed by atoms with van der Waals surface area (Å²) in [6, 6.07) is 0. The molecule has 0 aromatic carbocycles. The average Bonchev–Trinajstić information content (AvgIpc) is 4.10. The van der Waals surface area contributed by atoms with Crippen LogP contribution in [0, 0.1) is 106 Å². The van der Waals surface area contributed by atoms with Crippen molar-refractivity contribution in [2.45, 2.75) is 377 Å². The average molecular weight is 1050 g/mol. The van der Waals surface area contributed by atoms with E-state index in [2.05, 4.69) is 180 Å². The second-order valence-corrected chi connectivity index (χ2v) is 23.9. The molecule has 0 heteroatoms. The van der Waals surface area contributed by atoms with Crippen molar-refractivity contribution in [1.82, 2.24) is 0 Å². The van der Waals surface area contributed by atoms with Crippen LogP contribution in [0.4, 0.5) is 0 Å². The topological polar surface area (TPSA) is 0 Å². The fourth-order valence-electron chi connectivity index (χ4n) is 11.9. The van der Waals surface area contributed by atoms with Gasteiger partial charge >= 0.3 is 0 Å². The Labute approximate surface area is 480 Å². The Balaban J connectivity index is -0.0000000463. The SMILES string of the molecule is C.C.C.CC.CC.CC.CC.CC.CC.CC.CC.CC(C)C.CC(C)C.CC(C)C.CC(C)C.CC(C)C.CC(C)C.CC(C)C1(C(C)C)C2CCCC2C[C@@H]1C.C[C@@H]1CC[C@H](C)C12C1CCCC1C[C@@H]2C. The second kappa shape index (κ2) is 74.1. The minimum atomic E-state index is 0. The Morgan fingerprint density at radius 1 is 0.260 bits per heavy atom. The van der Waals surface area contributed by atoms with Gasteiger partial charge in [0.05, 0.1) is 0 Å². The zero-order valence-electron chi connectivity index (χ0n) is 59.3. The molecule has 5 fully saturated rings. The largest absolute Gasteiger partial charge is 0.0776 e. The van der Waals surface area contributed by atoms with Crippen molar-refractivity contribution in [3.63, 3.8) is 0 Å². The molecule has 5 saturated carbocycles. The number of rotatable bonds is 2. The molecule has 5 aliphatic rings. The van der Waals surface area contributed by atoms with Crippen LogP contribution in [-0.2, 0) is 0 Å². The zero-order valence-corrected chi connectivity index (χ0v) is 59.3. The minimum absolute atomic E-state index is 0. The van der Waals surface area contributed by atoms with E-state index in [0.29, 0.717) is 5.41 Å². The van der Waals surface area contributed by atoms with Gasteiger partial charge in [0, 0.05) is 0 Å². The zero-order chi connectivity index (χ0) is 59.3. The predicted octanol–water partition coefficient (Wildman–Crippen LogP) is 29.3. The molecular formula is C73H174. The van der Waals surface area contributed by atoms with E-state index >= 15 is 0 Å². The van der Waals surface area contributed by atoms with E-state index in [1.165, 1.54) is 44.9 Å². The quantitative estimate of drug-likeness (QED) is 0.259. The maximum atomic E-state index is 2.57. The molecule has 5 rings (SSSR count). The molecular weight excluding hydrogens is 877 g/mol. The molecule has 0 heterocycles. The molecule has 73 heavy (non-hydrogen) atoms. The van der Waals surface area contributed by atoms with E-state index in [9.17, 15) is 0 Å². The van der Waals surface area contributed by atoms with Crippen molar-refractivity contribution < 1.29 is 0 Å². The molecule has 0 aromatic heterocycles. The summed E-state index contributed by atoms with van der Waals surface area (Å²) < 4.78 is 0. The summed E-state index contributed by atoms with van der Waals surface area (Å²) in [4.78, 5) is 0. The monoisotopic (exact) mass is 1050 g/mol. The molecule has 1 spiro atoms. The molecule has 466 valence electrons. The molecule has 0 aromatic rings. The first kappa shape index (κ1) is 109. The van der Waals surface area contributed by atoms with E-state index in [1.807, 2.05) is 111 Å². The van der Waals surface area contributed by atoms with Crippen LogP contribution in [-0.4, -0.2) is 0 Å². The van der Waals surface area contributed by atoms with Crippen molar-refractivity contribution in [2.75, 3.05) is 0 Å². The van der Waals surface area contributed by atoms with Gasteiger partial charge in [0.1, 0.15) is 0 Å². The lowest BCUT2D eigenvalue weighted by molar-refractivity contribution is 0.0127. The summed E-state index contributed by atoms with van der Waals surface area (Å²) in [6.45, 7) is 91.1. The maximum Gasteiger partial charge on any atom is -0.0189 e. The van der Waals surface area contributed by atoms with Gasteiger partial charge in [-0.2, -0.15) is 0 Å². The molecule has 5 aliphatic carbocycles. The summed E-state index contributed by atoms with van der Waals surface area (Å²) in [7, 11) is 0. The van der Waals surface area contributed by atoms with Gasteiger partial charge in [0.2, 0.25) is 0 Å². The lowest BCUT2D eigenvalue weighted by Gasteiger charge is -2.47. The van der Waals surface area contributed by atoms with Crippen molar-refractivity contribution in [1.29, 1.82) is 0 Å². The van der Waals surface area contributed by atoms with Crippen LogP contribution in [0.2, 0.25) is 0 Å². The number of hydrogen-bond donors (Lipinski definition) is 0. The fourth-order valence-corrected chi connectivity index (χ4v) is 11.9. The van der Waals surface area contributed by atoms with Gasteiger partial charge in [-0.25, -0.2) is 0 Å². The van der Waals surface area contributed by atoms with Crippen LogP contribution in [0.3, 0.4) is 0 Å². The van der Waals surface area contributed by atoms with Gasteiger partial charge in [-0.15, -0.1) is 0 Å².